The number of nitro benzene ring substituents is 1. The van der Waals surface area contributed by atoms with Crippen LogP contribution >= 0.6 is 0 Å². The zero-order valence-electron chi connectivity index (χ0n) is 16.9. The van der Waals surface area contributed by atoms with E-state index in [1.807, 2.05) is 0 Å². The smallest absolute Gasteiger partial charge is 0.269 e. The van der Waals surface area contributed by atoms with E-state index in [1.54, 1.807) is 62.6 Å². The third-order valence-corrected chi connectivity index (χ3v) is 4.49. The van der Waals surface area contributed by atoms with Crippen LogP contribution in [0.25, 0.3) is 0 Å². The summed E-state index contributed by atoms with van der Waals surface area (Å²) in [6, 6.07) is 18.7. The Balaban J connectivity index is 1.65. The number of hydrogen-bond acceptors (Lipinski definition) is 6. The first-order chi connectivity index (χ1) is 14.9. The van der Waals surface area contributed by atoms with Crippen LogP contribution in [0.15, 0.2) is 72.8 Å². The molecule has 0 aliphatic rings. The van der Waals surface area contributed by atoms with E-state index in [0.717, 1.165) is 0 Å². The summed E-state index contributed by atoms with van der Waals surface area (Å²) in [5, 5.41) is 13.4. The Bertz CT molecular complexity index is 1090. The number of nitrogens with one attached hydrogen (secondary N) is 1. The summed E-state index contributed by atoms with van der Waals surface area (Å²) in [5.74, 6) is 0.454. The molecule has 8 heteroatoms. The average molecular weight is 420 g/mol. The predicted molar refractivity (Wildman–Crippen MR) is 115 cm³/mol. The predicted octanol–water partition coefficient (Wildman–Crippen LogP) is 4.51. The van der Waals surface area contributed by atoms with Crippen LogP contribution in [0.5, 0.6) is 11.5 Å². The molecule has 1 N–H and O–H groups in total. The van der Waals surface area contributed by atoms with Crippen molar-refractivity contribution in [3.8, 4) is 11.5 Å². The summed E-state index contributed by atoms with van der Waals surface area (Å²) in [7, 11) is 1.55. The molecule has 3 aromatic rings. The van der Waals surface area contributed by atoms with Crippen LogP contribution in [-0.2, 0) is 0 Å². The fraction of sp³-hybridized carbons (Fsp3) is 0.130. The molecule has 0 fully saturated rings. The molecule has 31 heavy (non-hydrogen) atoms. The molecule has 1 atom stereocenters. The molecule has 0 bridgehead atoms. The van der Waals surface area contributed by atoms with Crippen molar-refractivity contribution in [2.24, 2.45) is 0 Å². The van der Waals surface area contributed by atoms with Gasteiger partial charge >= 0.3 is 0 Å². The van der Waals surface area contributed by atoms with Crippen molar-refractivity contribution in [1.29, 1.82) is 0 Å². The van der Waals surface area contributed by atoms with Crippen LogP contribution in [0.2, 0.25) is 0 Å². The Labute approximate surface area is 178 Å². The Hall–Kier alpha value is -4.20. The van der Waals surface area contributed by atoms with Crippen molar-refractivity contribution in [2.45, 2.75) is 13.0 Å². The fourth-order valence-corrected chi connectivity index (χ4v) is 2.83. The zero-order chi connectivity index (χ0) is 22.4. The van der Waals surface area contributed by atoms with Crippen molar-refractivity contribution >= 4 is 23.1 Å². The van der Waals surface area contributed by atoms with E-state index >= 15 is 0 Å². The molecular weight excluding hydrogens is 400 g/mol. The monoisotopic (exact) mass is 420 g/mol. The first-order valence-corrected chi connectivity index (χ1v) is 9.38. The third-order valence-electron chi connectivity index (χ3n) is 4.49. The normalized spacial score (nSPS) is 11.3. The number of non-ortho nitro benzene ring substituents is 1. The minimum Gasteiger partial charge on any atom is -0.497 e. The summed E-state index contributed by atoms with van der Waals surface area (Å²) in [6.45, 7) is 1.65. The van der Waals surface area contributed by atoms with Crippen LogP contribution in [0, 0.1) is 10.1 Å². The maximum absolute atomic E-state index is 12.6. The van der Waals surface area contributed by atoms with E-state index < -0.39 is 16.9 Å². The van der Waals surface area contributed by atoms with Crippen molar-refractivity contribution in [3.63, 3.8) is 0 Å². The molecule has 0 saturated carbocycles. The molecule has 0 aromatic heterocycles. The standard InChI is InChI=1S/C23H20N2O6/c1-15(22(26)16-8-12-20(30-2)13-9-16)31-21-5-3-4-18(14-21)24-23(27)17-6-10-19(11-7-17)25(28)29/h3-15H,1-2H3,(H,24,27). The van der Waals surface area contributed by atoms with Crippen LogP contribution < -0.4 is 14.8 Å². The lowest BCUT2D eigenvalue weighted by Gasteiger charge is -2.15. The van der Waals surface area contributed by atoms with E-state index in [0.29, 0.717) is 22.7 Å². The molecule has 158 valence electrons. The van der Waals surface area contributed by atoms with Gasteiger partial charge in [-0.05, 0) is 55.5 Å². The number of hydrogen-bond donors (Lipinski definition) is 1. The van der Waals surface area contributed by atoms with E-state index in [1.165, 1.54) is 24.3 Å². The molecule has 0 aliphatic carbocycles. The number of carbonyl (C=O) groups excluding carboxylic acids is 2. The number of amides is 1. The van der Waals surface area contributed by atoms with Gasteiger partial charge in [-0.3, -0.25) is 19.7 Å². The lowest BCUT2D eigenvalue weighted by atomic mass is 10.1. The highest BCUT2D eigenvalue weighted by Crippen LogP contribution is 2.21. The van der Waals surface area contributed by atoms with Gasteiger partial charge in [0.1, 0.15) is 11.5 Å². The minimum absolute atomic E-state index is 0.0949. The van der Waals surface area contributed by atoms with Gasteiger partial charge in [-0.2, -0.15) is 0 Å². The molecule has 3 aromatic carbocycles. The quantitative estimate of drug-likeness (QED) is 0.326. The van der Waals surface area contributed by atoms with E-state index in [9.17, 15) is 19.7 Å². The third kappa shape index (κ3) is 5.45. The van der Waals surface area contributed by atoms with Crippen LogP contribution in [0.3, 0.4) is 0 Å². The first kappa shape index (κ1) is 21.5. The molecule has 1 amide bonds. The SMILES string of the molecule is COc1ccc(C(=O)C(C)Oc2cccc(NC(=O)c3ccc([N+](=O)[O-])cc3)c2)cc1. The largest absolute Gasteiger partial charge is 0.497 e. The average Bonchev–Trinajstić information content (AvgIpc) is 2.79. The number of Topliss-reactive ketones (excluding diaryl/α,β-unsaturated/α-hetero) is 1. The number of carbonyl (C=O) groups is 2. The maximum Gasteiger partial charge on any atom is 0.269 e. The molecule has 0 spiro atoms. The first-order valence-electron chi connectivity index (χ1n) is 9.38. The number of nitro groups is 1. The molecule has 3 rings (SSSR count). The minimum atomic E-state index is -0.742. The van der Waals surface area contributed by atoms with Gasteiger partial charge in [0.15, 0.2) is 6.10 Å². The summed E-state index contributed by atoms with van der Waals surface area (Å²) >= 11 is 0. The molecule has 8 nitrogen and oxygen atoms in total. The Kier molecular flexibility index (Phi) is 6.61. The van der Waals surface area contributed by atoms with Crippen molar-refractivity contribution in [1.82, 2.24) is 0 Å². The zero-order valence-corrected chi connectivity index (χ0v) is 16.9. The highest BCUT2D eigenvalue weighted by atomic mass is 16.6. The van der Waals surface area contributed by atoms with Crippen LogP contribution in [0.1, 0.15) is 27.6 Å². The lowest BCUT2D eigenvalue weighted by molar-refractivity contribution is -0.384. The molecule has 0 saturated heterocycles. The van der Waals surface area contributed by atoms with Gasteiger partial charge in [-0.1, -0.05) is 6.07 Å². The molecule has 0 aliphatic heterocycles. The van der Waals surface area contributed by atoms with Gasteiger partial charge < -0.3 is 14.8 Å². The highest BCUT2D eigenvalue weighted by Gasteiger charge is 2.17. The lowest BCUT2D eigenvalue weighted by Crippen LogP contribution is -2.24. The highest BCUT2D eigenvalue weighted by molar-refractivity contribution is 6.04. The van der Waals surface area contributed by atoms with Gasteiger partial charge in [0, 0.05) is 35.0 Å². The van der Waals surface area contributed by atoms with E-state index in [4.69, 9.17) is 9.47 Å². The molecule has 0 heterocycles. The Morgan fingerprint density at radius 1 is 0.935 bits per heavy atom. The number of anilines is 1. The second kappa shape index (κ2) is 9.53. The van der Waals surface area contributed by atoms with E-state index in [-0.39, 0.29) is 17.0 Å². The van der Waals surface area contributed by atoms with Crippen molar-refractivity contribution < 1.29 is 24.0 Å². The number of methoxy groups -OCH3 is 1. The second-order valence-electron chi connectivity index (χ2n) is 6.64. The number of ketones is 1. The van der Waals surface area contributed by atoms with Gasteiger partial charge in [-0.25, -0.2) is 0 Å². The van der Waals surface area contributed by atoms with Crippen LogP contribution in [-0.4, -0.2) is 29.8 Å². The molecule has 1 unspecified atom stereocenters. The van der Waals surface area contributed by atoms with Crippen LogP contribution in [0.4, 0.5) is 11.4 Å². The summed E-state index contributed by atoms with van der Waals surface area (Å²) in [6.07, 6.45) is -0.742. The Morgan fingerprint density at radius 3 is 2.19 bits per heavy atom. The number of nitrogens with zero attached hydrogens (tertiary/aromatic N) is 1. The Morgan fingerprint density at radius 2 is 1.58 bits per heavy atom. The summed E-state index contributed by atoms with van der Waals surface area (Å²) in [4.78, 5) is 35.2. The van der Waals surface area contributed by atoms with Gasteiger partial charge in [0.25, 0.3) is 11.6 Å². The van der Waals surface area contributed by atoms with E-state index in [2.05, 4.69) is 5.32 Å². The van der Waals surface area contributed by atoms with Crippen molar-refractivity contribution in [2.75, 3.05) is 12.4 Å². The number of rotatable bonds is 8. The van der Waals surface area contributed by atoms with Crippen molar-refractivity contribution in [3.05, 3.63) is 94.0 Å². The fourth-order valence-electron chi connectivity index (χ4n) is 2.83. The van der Waals surface area contributed by atoms with Gasteiger partial charge in [0.2, 0.25) is 5.78 Å². The molecular formula is C23H20N2O6. The maximum atomic E-state index is 12.6. The summed E-state index contributed by atoms with van der Waals surface area (Å²) in [5.41, 5.74) is 1.14. The molecule has 0 radical (unpaired) electrons. The number of ether oxygens (including phenoxy) is 2. The topological polar surface area (TPSA) is 108 Å². The second-order valence-corrected chi connectivity index (χ2v) is 6.64. The van der Waals surface area contributed by atoms with Gasteiger partial charge in [0.05, 0.1) is 12.0 Å². The summed E-state index contributed by atoms with van der Waals surface area (Å²) < 4.78 is 10.8. The van der Waals surface area contributed by atoms with Gasteiger partial charge in [-0.15, -0.1) is 0 Å². The number of benzene rings is 3.